The van der Waals surface area contributed by atoms with Gasteiger partial charge in [-0.3, -0.25) is 0 Å². The lowest BCUT2D eigenvalue weighted by Gasteiger charge is -2.06. The van der Waals surface area contributed by atoms with E-state index in [0.29, 0.717) is 14.3 Å². The van der Waals surface area contributed by atoms with Crippen molar-refractivity contribution in [2.45, 2.75) is 115 Å². The number of unbranched alkanes of at least 4 members (excludes halogenated alkanes) is 15. The van der Waals surface area contributed by atoms with Gasteiger partial charge < -0.3 is 0 Å². The fraction of sp³-hybridized carbons (Fsp3) is 1.00. The van der Waals surface area contributed by atoms with Gasteiger partial charge in [0.15, 0.2) is 0 Å². The molecule has 0 bridgehead atoms. The van der Waals surface area contributed by atoms with Crippen LogP contribution in [0.15, 0.2) is 0 Å². The van der Waals surface area contributed by atoms with Crippen LogP contribution in [0.25, 0.3) is 0 Å². The van der Waals surface area contributed by atoms with E-state index < -0.39 is 12.6 Å². The van der Waals surface area contributed by atoms with Gasteiger partial charge in [-0.1, -0.05) is 89.9 Å². The normalized spacial score (nSPS) is 12.2. The first-order valence-electron chi connectivity index (χ1n) is 10.6. The molecule has 0 amide bonds. The van der Waals surface area contributed by atoms with Crippen molar-refractivity contribution in [3.05, 3.63) is 0 Å². The molecule has 0 radical (unpaired) electrons. The van der Waals surface area contributed by atoms with Gasteiger partial charge in [0.25, 0.3) is 0 Å². The predicted molar refractivity (Wildman–Crippen MR) is 108 cm³/mol. The Balaban J connectivity index is 3.03. The molecule has 0 atom stereocenters. The van der Waals surface area contributed by atoms with Crippen LogP contribution < -0.4 is 0 Å². The van der Waals surface area contributed by atoms with Crippen molar-refractivity contribution in [2.24, 2.45) is 0 Å². The summed E-state index contributed by atoms with van der Waals surface area (Å²) in [6.45, 7) is 4.74. The minimum Gasteiger partial charge on any atom is -0.171 e. The summed E-state index contributed by atoms with van der Waals surface area (Å²) in [5.74, 6) is 0. The molecule has 0 aliphatic carbocycles. The Bertz CT molecular complexity index is 264. The summed E-state index contributed by atoms with van der Waals surface area (Å²) in [6.07, 6.45) is 16.3. The van der Waals surface area contributed by atoms with Crippen LogP contribution in [-0.4, -0.2) is 25.7 Å². The maximum atomic E-state index is 12.0. The van der Waals surface area contributed by atoms with Crippen LogP contribution in [0.1, 0.15) is 109 Å². The molecule has 0 fully saturated rings. The Hall–Kier alpha value is 0.220. The third-order valence-electron chi connectivity index (χ3n) is 4.82. The zero-order valence-electron chi connectivity index (χ0n) is 16.8. The van der Waals surface area contributed by atoms with Gasteiger partial charge >= 0.3 is 6.18 Å². The molecule has 0 aromatic rings. The minimum atomic E-state index is -3.96. The number of hydrogen-bond donors (Lipinski definition) is 0. The molecule has 0 spiro atoms. The molecule has 25 heavy (non-hydrogen) atoms. The van der Waals surface area contributed by atoms with Crippen molar-refractivity contribution in [2.75, 3.05) is 19.5 Å². The largest absolute Gasteiger partial charge is 0.389 e. The van der Waals surface area contributed by atoms with Crippen LogP contribution in [0.5, 0.6) is 0 Å². The highest BCUT2D eigenvalue weighted by Crippen LogP contribution is 2.26. The second-order valence-electron chi connectivity index (χ2n) is 7.83. The molecule has 152 valence electrons. The number of rotatable bonds is 18. The Morgan fingerprint density at radius 2 is 0.760 bits per heavy atom. The molecule has 0 aromatic carbocycles. The summed E-state index contributed by atoms with van der Waals surface area (Å²) in [5.41, 5.74) is 0. The average molecular weight is 383 g/mol. The van der Waals surface area contributed by atoms with Crippen molar-refractivity contribution < 1.29 is 13.2 Å². The molecule has 4 heteroatoms. The Morgan fingerprint density at radius 1 is 0.480 bits per heavy atom. The van der Waals surface area contributed by atoms with Crippen LogP contribution in [0.4, 0.5) is 13.2 Å². The molecule has 0 rings (SSSR count). The Kier molecular flexibility index (Phi) is 17.8. The molecule has 0 aromatic heterocycles. The van der Waals surface area contributed by atoms with E-state index in [0.717, 1.165) is 19.3 Å². The second-order valence-corrected chi connectivity index (χ2v) is 10.4. The molecule has 0 saturated heterocycles. The van der Waals surface area contributed by atoms with E-state index >= 15 is 0 Å². The topological polar surface area (TPSA) is 0 Å². The molecule has 0 aliphatic heterocycles. The van der Waals surface area contributed by atoms with Crippen LogP contribution >= 0.6 is 7.92 Å². The summed E-state index contributed by atoms with van der Waals surface area (Å²) in [6, 6.07) is 0. The molecular formula is C21H42F3P. The smallest absolute Gasteiger partial charge is 0.171 e. The van der Waals surface area contributed by atoms with Gasteiger partial charge in [0, 0.05) is 6.42 Å². The van der Waals surface area contributed by atoms with Gasteiger partial charge in [0.2, 0.25) is 0 Å². The fourth-order valence-corrected chi connectivity index (χ4v) is 4.08. The maximum Gasteiger partial charge on any atom is 0.389 e. The second kappa shape index (κ2) is 17.6. The number of alkyl halides is 3. The SMILES string of the molecule is CP(C)CCCCCCCCCCCCCCCCCCC(F)(F)F. The van der Waals surface area contributed by atoms with E-state index in [4.69, 9.17) is 0 Å². The summed E-state index contributed by atoms with van der Waals surface area (Å²) < 4.78 is 35.9. The van der Waals surface area contributed by atoms with Gasteiger partial charge in [-0.05, 0) is 32.3 Å². The van der Waals surface area contributed by atoms with Gasteiger partial charge in [-0.25, -0.2) is 0 Å². The molecule has 0 aliphatic rings. The van der Waals surface area contributed by atoms with E-state index in [1.54, 1.807) is 0 Å². The van der Waals surface area contributed by atoms with Crippen molar-refractivity contribution in [3.63, 3.8) is 0 Å². The van der Waals surface area contributed by atoms with E-state index in [1.807, 2.05) is 0 Å². The van der Waals surface area contributed by atoms with Crippen molar-refractivity contribution >= 4 is 7.92 Å². The first-order valence-corrected chi connectivity index (χ1v) is 13.1. The minimum absolute atomic E-state index is 0.308. The zero-order valence-corrected chi connectivity index (χ0v) is 17.7. The summed E-state index contributed by atoms with van der Waals surface area (Å²) in [7, 11) is 0.311. The van der Waals surface area contributed by atoms with Crippen LogP contribution in [0, 0.1) is 0 Å². The van der Waals surface area contributed by atoms with Gasteiger partial charge in [0.05, 0.1) is 0 Å². The highest BCUT2D eigenvalue weighted by molar-refractivity contribution is 7.55. The summed E-state index contributed by atoms with van der Waals surface area (Å²) in [5, 5.41) is 0. The summed E-state index contributed by atoms with van der Waals surface area (Å²) >= 11 is 0. The molecule has 0 heterocycles. The lowest BCUT2D eigenvalue weighted by atomic mass is 10.0. The molecule has 0 nitrogen and oxygen atoms in total. The average Bonchev–Trinajstić information content (AvgIpc) is 2.52. The standard InChI is InChI=1S/C21H42F3P/c1-25(2)20-18-16-14-12-10-8-6-4-3-5-7-9-11-13-15-17-19-21(22,23)24/h3-20H2,1-2H3. The molecule has 0 saturated carbocycles. The van der Waals surface area contributed by atoms with E-state index in [2.05, 4.69) is 13.3 Å². The van der Waals surface area contributed by atoms with Gasteiger partial charge in [-0.15, -0.1) is 7.92 Å². The monoisotopic (exact) mass is 382 g/mol. The van der Waals surface area contributed by atoms with Gasteiger partial charge in [0.1, 0.15) is 0 Å². The molecular weight excluding hydrogens is 340 g/mol. The summed E-state index contributed by atoms with van der Waals surface area (Å²) in [4.78, 5) is 0. The first kappa shape index (κ1) is 25.2. The predicted octanol–water partition coefficient (Wildman–Crippen LogP) is 8.92. The number of hydrogen-bond acceptors (Lipinski definition) is 0. The Morgan fingerprint density at radius 3 is 1.04 bits per heavy atom. The third kappa shape index (κ3) is 24.2. The highest BCUT2D eigenvalue weighted by Gasteiger charge is 2.25. The van der Waals surface area contributed by atoms with Crippen LogP contribution in [0.2, 0.25) is 0 Å². The van der Waals surface area contributed by atoms with Crippen molar-refractivity contribution in [1.82, 2.24) is 0 Å². The molecule has 0 unspecified atom stereocenters. The first-order chi connectivity index (χ1) is 11.9. The van der Waals surface area contributed by atoms with Crippen molar-refractivity contribution in [3.8, 4) is 0 Å². The van der Waals surface area contributed by atoms with E-state index in [9.17, 15) is 13.2 Å². The fourth-order valence-electron chi connectivity index (χ4n) is 3.23. The molecule has 0 N–H and O–H groups in total. The zero-order chi connectivity index (χ0) is 18.8. The number of halogens is 3. The highest BCUT2D eigenvalue weighted by atomic mass is 31.1. The lowest BCUT2D eigenvalue weighted by Crippen LogP contribution is -2.06. The van der Waals surface area contributed by atoms with E-state index in [1.165, 1.54) is 83.2 Å². The third-order valence-corrected chi connectivity index (χ3v) is 6.03. The van der Waals surface area contributed by atoms with Gasteiger partial charge in [-0.2, -0.15) is 13.2 Å². The Labute approximate surface area is 156 Å². The quantitative estimate of drug-likeness (QED) is 0.164. The van der Waals surface area contributed by atoms with Crippen molar-refractivity contribution in [1.29, 1.82) is 0 Å². The lowest BCUT2D eigenvalue weighted by molar-refractivity contribution is -0.135. The van der Waals surface area contributed by atoms with Crippen LogP contribution in [-0.2, 0) is 0 Å². The van der Waals surface area contributed by atoms with Crippen LogP contribution in [0.3, 0.4) is 0 Å². The van der Waals surface area contributed by atoms with E-state index in [-0.39, 0.29) is 0 Å². The maximum absolute atomic E-state index is 12.0.